The van der Waals surface area contributed by atoms with Gasteiger partial charge in [-0.25, -0.2) is 4.79 Å². The summed E-state index contributed by atoms with van der Waals surface area (Å²) in [4.78, 5) is 39.6. The van der Waals surface area contributed by atoms with Crippen LogP contribution in [0.15, 0.2) is 28.7 Å². The minimum atomic E-state index is -1.16. The lowest BCUT2D eigenvalue weighted by atomic mass is 9.48. The van der Waals surface area contributed by atoms with E-state index in [9.17, 15) is 14.4 Å². The molecule has 1 saturated heterocycles. The van der Waals surface area contributed by atoms with Crippen LogP contribution in [0.25, 0.3) is 0 Å². The zero-order chi connectivity index (χ0) is 22.0. The predicted octanol–water partition coefficient (Wildman–Crippen LogP) is 3.94. The average molecular weight is 488 g/mol. The van der Waals surface area contributed by atoms with E-state index in [0.717, 1.165) is 27.1 Å². The van der Waals surface area contributed by atoms with Crippen molar-refractivity contribution < 1.29 is 14.4 Å². The second-order valence-electron chi connectivity index (χ2n) is 10.5. The van der Waals surface area contributed by atoms with Crippen LogP contribution >= 0.6 is 15.9 Å². The summed E-state index contributed by atoms with van der Waals surface area (Å²) in [7, 11) is 0. The van der Waals surface area contributed by atoms with E-state index in [0.29, 0.717) is 5.56 Å². The van der Waals surface area contributed by atoms with Gasteiger partial charge in [-0.3, -0.25) is 14.5 Å². The number of rotatable bonds is 5. The highest BCUT2D eigenvalue weighted by molar-refractivity contribution is 9.10. The van der Waals surface area contributed by atoms with Gasteiger partial charge in [-0.1, -0.05) is 28.1 Å². The summed E-state index contributed by atoms with van der Waals surface area (Å²) in [6.45, 7) is 3.56. The third-order valence-electron chi connectivity index (χ3n) is 8.38. The van der Waals surface area contributed by atoms with Gasteiger partial charge in [0, 0.05) is 10.5 Å². The Hall–Kier alpha value is -1.89. The van der Waals surface area contributed by atoms with Crippen LogP contribution in [0, 0.1) is 23.2 Å². The molecule has 4 aliphatic carbocycles. The molecule has 2 N–H and O–H groups in total. The van der Waals surface area contributed by atoms with Crippen LogP contribution in [0.1, 0.15) is 57.9 Å². The molecule has 31 heavy (non-hydrogen) atoms. The van der Waals surface area contributed by atoms with E-state index in [1.165, 1.54) is 38.5 Å². The topological polar surface area (TPSA) is 78.5 Å². The predicted molar refractivity (Wildman–Crippen MR) is 120 cm³/mol. The van der Waals surface area contributed by atoms with Crippen LogP contribution in [0.4, 0.5) is 4.79 Å². The molecule has 0 unspecified atom stereocenters. The molecule has 1 aliphatic heterocycles. The highest BCUT2D eigenvalue weighted by atomic mass is 79.9. The number of halogens is 1. The largest absolute Gasteiger partial charge is 0.352 e. The number of hydrogen-bond acceptors (Lipinski definition) is 3. The van der Waals surface area contributed by atoms with Gasteiger partial charge in [0.1, 0.15) is 12.1 Å². The van der Waals surface area contributed by atoms with Crippen molar-refractivity contribution in [1.29, 1.82) is 0 Å². The lowest BCUT2D eigenvalue weighted by Gasteiger charge is -2.59. The third-order valence-corrected chi connectivity index (χ3v) is 8.91. The average Bonchev–Trinajstić information content (AvgIpc) is 2.91. The molecule has 1 aromatic rings. The van der Waals surface area contributed by atoms with Crippen molar-refractivity contribution in [3.8, 4) is 0 Å². The van der Waals surface area contributed by atoms with E-state index < -0.39 is 17.5 Å². The fourth-order valence-corrected chi connectivity index (χ4v) is 7.38. The number of amides is 4. The monoisotopic (exact) mass is 487 g/mol. The molecule has 1 aromatic carbocycles. The van der Waals surface area contributed by atoms with Gasteiger partial charge in [0.05, 0.1) is 0 Å². The smallest absolute Gasteiger partial charge is 0.325 e. The van der Waals surface area contributed by atoms with Crippen LogP contribution in [0.2, 0.25) is 0 Å². The first-order chi connectivity index (χ1) is 14.7. The van der Waals surface area contributed by atoms with Gasteiger partial charge in [0.2, 0.25) is 5.91 Å². The highest BCUT2D eigenvalue weighted by Crippen LogP contribution is 2.61. The molecule has 0 aromatic heterocycles. The molecule has 6 nitrogen and oxygen atoms in total. The first-order valence-corrected chi connectivity index (χ1v) is 12.2. The number of nitrogens with zero attached hydrogens (tertiary/aromatic N) is 1. The molecule has 2 atom stereocenters. The first-order valence-electron chi connectivity index (χ1n) is 11.4. The second-order valence-corrected chi connectivity index (χ2v) is 11.4. The molecule has 4 saturated carbocycles. The van der Waals surface area contributed by atoms with Crippen molar-refractivity contribution in [3.63, 3.8) is 0 Å². The number of hydrogen-bond donors (Lipinski definition) is 2. The van der Waals surface area contributed by atoms with E-state index in [-0.39, 0.29) is 23.9 Å². The van der Waals surface area contributed by atoms with Gasteiger partial charge >= 0.3 is 6.03 Å². The Kier molecular flexibility index (Phi) is 4.96. The van der Waals surface area contributed by atoms with Crippen molar-refractivity contribution in [3.05, 3.63) is 34.3 Å². The van der Waals surface area contributed by atoms with E-state index >= 15 is 0 Å². The van der Waals surface area contributed by atoms with Gasteiger partial charge < -0.3 is 10.6 Å². The summed E-state index contributed by atoms with van der Waals surface area (Å²) >= 11 is 3.39. The zero-order valence-electron chi connectivity index (χ0n) is 18.1. The quantitative estimate of drug-likeness (QED) is 0.617. The highest BCUT2D eigenvalue weighted by Gasteiger charge is 2.54. The minimum absolute atomic E-state index is 0.0621. The van der Waals surface area contributed by atoms with E-state index in [1.54, 1.807) is 19.1 Å². The Morgan fingerprint density at radius 3 is 2.23 bits per heavy atom. The summed E-state index contributed by atoms with van der Waals surface area (Å²) in [5.74, 6) is 1.78. The molecule has 166 valence electrons. The molecule has 5 fully saturated rings. The van der Waals surface area contributed by atoms with Crippen LogP contribution in [-0.2, 0) is 15.1 Å². The lowest BCUT2D eigenvalue weighted by Crippen LogP contribution is -2.57. The van der Waals surface area contributed by atoms with E-state index in [2.05, 4.69) is 33.5 Å². The Balaban J connectivity index is 1.26. The maximum absolute atomic E-state index is 13.1. The van der Waals surface area contributed by atoms with Gasteiger partial charge in [-0.05, 0) is 93.2 Å². The Morgan fingerprint density at radius 1 is 1.13 bits per heavy atom. The number of urea groups is 1. The molecule has 6 rings (SSSR count). The van der Waals surface area contributed by atoms with Crippen LogP contribution < -0.4 is 10.6 Å². The second kappa shape index (κ2) is 7.32. The Morgan fingerprint density at radius 2 is 1.68 bits per heavy atom. The summed E-state index contributed by atoms with van der Waals surface area (Å²) < 4.78 is 0.895. The molecule has 1 heterocycles. The normalized spacial score (nSPS) is 37.1. The van der Waals surface area contributed by atoms with E-state index in [4.69, 9.17) is 0 Å². The summed E-state index contributed by atoms with van der Waals surface area (Å²) in [6, 6.07) is 6.83. The van der Waals surface area contributed by atoms with Gasteiger partial charge in [-0.15, -0.1) is 0 Å². The fourth-order valence-electron chi connectivity index (χ4n) is 7.11. The minimum Gasteiger partial charge on any atom is -0.352 e. The molecule has 4 bridgehead atoms. The molecule has 0 radical (unpaired) electrons. The van der Waals surface area contributed by atoms with Crippen LogP contribution in [0.5, 0.6) is 0 Å². The number of carbonyl (C=O) groups is 3. The maximum Gasteiger partial charge on any atom is 0.325 e. The van der Waals surface area contributed by atoms with Crippen molar-refractivity contribution in [2.45, 2.75) is 64.0 Å². The van der Waals surface area contributed by atoms with Crippen molar-refractivity contribution >= 4 is 33.8 Å². The third kappa shape index (κ3) is 3.49. The zero-order valence-corrected chi connectivity index (χ0v) is 19.7. The first kappa shape index (κ1) is 21.0. The molecular weight excluding hydrogens is 458 g/mol. The number of nitrogens with one attached hydrogen (secondary N) is 2. The van der Waals surface area contributed by atoms with Crippen LogP contribution in [0.3, 0.4) is 0 Å². The Labute approximate surface area is 191 Å². The van der Waals surface area contributed by atoms with E-state index in [1.807, 2.05) is 12.1 Å². The number of benzene rings is 1. The SMILES string of the molecule is C[C@H](NC(=O)CN1C(=O)N[C@@](C)(c2ccc(Br)cc2)C1=O)C12CC3CC(CC(C3)C1)C2. The molecular formula is C24H30BrN3O3. The molecule has 4 amide bonds. The molecule has 7 heteroatoms. The molecule has 5 aliphatic rings. The van der Waals surface area contributed by atoms with Crippen molar-refractivity contribution in [1.82, 2.24) is 15.5 Å². The lowest BCUT2D eigenvalue weighted by molar-refractivity contribution is -0.136. The number of imide groups is 1. The fraction of sp³-hybridized carbons (Fsp3) is 0.625. The van der Waals surface area contributed by atoms with Gasteiger partial charge in [0.15, 0.2) is 0 Å². The summed E-state index contributed by atoms with van der Waals surface area (Å²) in [6.07, 6.45) is 7.67. The standard InChI is InChI=1S/C24H30BrN3O3/c1-14(24-10-15-7-16(11-24)9-17(8-15)12-24)26-20(29)13-28-21(30)23(2,27-22(28)31)18-3-5-19(25)6-4-18/h3-6,14-17H,7-13H2,1-2H3,(H,26,29)(H,27,31)/t14-,15?,16?,17?,23-,24?/m0/s1. The maximum atomic E-state index is 13.1. The summed E-state index contributed by atoms with van der Waals surface area (Å²) in [5, 5.41) is 5.94. The van der Waals surface area contributed by atoms with Gasteiger partial charge in [0.25, 0.3) is 5.91 Å². The number of carbonyl (C=O) groups excluding carboxylic acids is 3. The van der Waals surface area contributed by atoms with Crippen molar-refractivity contribution in [2.24, 2.45) is 23.2 Å². The Bertz CT molecular complexity index is 895. The molecule has 0 spiro atoms. The van der Waals surface area contributed by atoms with Crippen molar-refractivity contribution in [2.75, 3.05) is 6.54 Å². The summed E-state index contributed by atoms with van der Waals surface area (Å²) in [5.41, 5.74) is -0.282. The van der Waals surface area contributed by atoms with Crippen LogP contribution in [-0.4, -0.2) is 35.3 Å². The van der Waals surface area contributed by atoms with Gasteiger partial charge in [-0.2, -0.15) is 0 Å².